The second-order valence-electron chi connectivity index (χ2n) is 7.09. The Morgan fingerprint density at radius 3 is 2.52 bits per heavy atom. The fraction of sp³-hybridized carbons (Fsp3) is 0.333. The first-order valence-electron chi connectivity index (χ1n) is 9.30. The van der Waals surface area contributed by atoms with Crippen molar-refractivity contribution in [2.24, 2.45) is 0 Å². The van der Waals surface area contributed by atoms with Crippen LogP contribution in [0.3, 0.4) is 0 Å². The van der Waals surface area contributed by atoms with Gasteiger partial charge in [0.05, 0.1) is 19.6 Å². The van der Waals surface area contributed by atoms with Crippen LogP contribution < -0.4 is 10.2 Å². The van der Waals surface area contributed by atoms with E-state index in [2.05, 4.69) is 5.32 Å². The molecule has 1 fully saturated rings. The number of likely N-dealkylation sites (N-methyl/N-ethyl adjacent to an activating group) is 1. The van der Waals surface area contributed by atoms with Crippen LogP contribution >= 0.6 is 23.2 Å². The molecule has 0 radical (unpaired) electrons. The Morgan fingerprint density at radius 2 is 1.83 bits per heavy atom. The quantitative estimate of drug-likeness (QED) is 0.781. The van der Waals surface area contributed by atoms with Crippen LogP contribution in [0.5, 0.6) is 0 Å². The summed E-state index contributed by atoms with van der Waals surface area (Å²) in [6, 6.07) is 10.5. The summed E-state index contributed by atoms with van der Waals surface area (Å²) in [6.07, 6.45) is 0.789. The highest BCUT2D eigenvalue weighted by molar-refractivity contribution is 6.35. The summed E-state index contributed by atoms with van der Waals surface area (Å²) in [5.74, 6) is -1.16. The van der Waals surface area contributed by atoms with Gasteiger partial charge in [-0.05, 0) is 35.9 Å². The summed E-state index contributed by atoms with van der Waals surface area (Å²) in [4.78, 5) is 26.1. The first-order valence-corrected chi connectivity index (χ1v) is 10.1. The van der Waals surface area contributed by atoms with Crippen molar-refractivity contribution in [3.05, 3.63) is 63.1 Å². The van der Waals surface area contributed by atoms with Crippen LogP contribution in [-0.4, -0.2) is 38.6 Å². The van der Waals surface area contributed by atoms with Crippen molar-refractivity contribution in [2.75, 3.05) is 31.7 Å². The number of fused-ring (bicyclic) bond motifs is 1. The van der Waals surface area contributed by atoms with E-state index >= 15 is 0 Å². The molecule has 2 amide bonds. The predicted octanol–water partition coefficient (Wildman–Crippen LogP) is 3.53. The number of ether oxygens (including phenoxy) is 2. The predicted molar refractivity (Wildman–Crippen MR) is 111 cm³/mol. The zero-order valence-corrected chi connectivity index (χ0v) is 17.3. The normalized spacial score (nSPS) is 17.5. The molecule has 0 atom stereocenters. The molecule has 2 heterocycles. The number of anilines is 1. The van der Waals surface area contributed by atoms with Gasteiger partial charge in [0, 0.05) is 46.9 Å². The second kappa shape index (κ2) is 7.95. The van der Waals surface area contributed by atoms with Crippen molar-refractivity contribution >= 4 is 40.7 Å². The van der Waals surface area contributed by atoms with Crippen LogP contribution in [0.4, 0.5) is 5.69 Å². The molecule has 2 aliphatic rings. The largest absolute Gasteiger partial charge is 0.352 e. The summed E-state index contributed by atoms with van der Waals surface area (Å²) in [6.45, 7) is 1.26. The summed E-state index contributed by atoms with van der Waals surface area (Å²) in [5.41, 5.74) is 3.09. The van der Waals surface area contributed by atoms with Gasteiger partial charge in [-0.3, -0.25) is 9.59 Å². The topological polar surface area (TPSA) is 67.9 Å². The van der Waals surface area contributed by atoms with E-state index in [4.69, 9.17) is 32.7 Å². The van der Waals surface area contributed by atoms with Crippen LogP contribution in [-0.2, 0) is 26.5 Å². The van der Waals surface area contributed by atoms with E-state index < -0.39 is 5.79 Å². The van der Waals surface area contributed by atoms with Crippen LogP contribution in [0.25, 0.3) is 0 Å². The number of rotatable bonds is 5. The van der Waals surface area contributed by atoms with Gasteiger partial charge in [0.2, 0.25) is 5.91 Å². The summed E-state index contributed by atoms with van der Waals surface area (Å²) >= 11 is 11.9. The molecule has 0 bridgehead atoms. The molecule has 2 aromatic rings. The number of amides is 2. The minimum atomic E-state index is -0.946. The molecule has 0 unspecified atom stereocenters. The summed E-state index contributed by atoms with van der Waals surface area (Å²) in [7, 11) is 1.77. The van der Waals surface area contributed by atoms with Crippen LogP contribution in [0, 0.1) is 0 Å². The molecule has 1 N–H and O–H groups in total. The zero-order valence-electron chi connectivity index (χ0n) is 15.8. The van der Waals surface area contributed by atoms with E-state index in [1.807, 2.05) is 18.2 Å². The number of carbonyl (C=O) groups is 2. The zero-order chi connectivity index (χ0) is 20.6. The molecule has 6 nitrogen and oxygen atoms in total. The second-order valence-corrected chi connectivity index (χ2v) is 7.96. The molecular weight excluding hydrogens is 415 g/mol. The molecule has 4 rings (SSSR count). The Bertz CT molecular complexity index is 953. The SMILES string of the molecule is CN1C(=O)Cc2cc(C3(CCNC(=O)c4cc(Cl)cc(Cl)c4)OCCO3)ccc21. The number of nitrogens with zero attached hydrogens (tertiary/aromatic N) is 1. The number of benzene rings is 2. The van der Waals surface area contributed by atoms with Crippen molar-refractivity contribution in [1.82, 2.24) is 5.32 Å². The van der Waals surface area contributed by atoms with E-state index in [0.29, 0.717) is 48.2 Å². The van der Waals surface area contributed by atoms with Crippen molar-refractivity contribution in [3.8, 4) is 0 Å². The minimum absolute atomic E-state index is 0.0619. The lowest BCUT2D eigenvalue weighted by atomic mass is 9.98. The van der Waals surface area contributed by atoms with Crippen molar-refractivity contribution < 1.29 is 19.1 Å². The van der Waals surface area contributed by atoms with E-state index in [9.17, 15) is 9.59 Å². The molecule has 1 saturated heterocycles. The highest BCUT2D eigenvalue weighted by Crippen LogP contribution is 2.38. The summed E-state index contributed by atoms with van der Waals surface area (Å²) < 4.78 is 11.9. The van der Waals surface area contributed by atoms with Gasteiger partial charge in [0.1, 0.15) is 0 Å². The third-order valence-corrected chi connectivity index (χ3v) is 5.65. The maximum Gasteiger partial charge on any atom is 0.251 e. The van der Waals surface area contributed by atoms with Crippen LogP contribution in [0.1, 0.15) is 27.9 Å². The summed E-state index contributed by atoms with van der Waals surface area (Å²) in [5, 5.41) is 3.67. The lowest BCUT2D eigenvalue weighted by Crippen LogP contribution is -2.34. The van der Waals surface area contributed by atoms with Gasteiger partial charge in [-0.15, -0.1) is 0 Å². The van der Waals surface area contributed by atoms with Gasteiger partial charge in [0.25, 0.3) is 5.91 Å². The fourth-order valence-corrected chi connectivity index (χ4v) is 4.27. The van der Waals surface area contributed by atoms with Crippen molar-refractivity contribution in [2.45, 2.75) is 18.6 Å². The average molecular weight is 435 g/mol. The molecular formula is C21H20Cl2N2O4. The first kappa shape index (κ1) is 20.2. The third-order valence-electron chi connectivity index (χ3n) is 5.21. The fourth-order valence-electron chi connectivity index (χ4n) is 3.74. The lowest BCUT2D eigenvalue weighted by molar-refractivity contribution is -0.169. The Kier molecular flexibility index (Phi) is 5.53. The Morgan fingerprint density at radius 1 is 1.14 bits per heavy atom. The number of carbonyl (C=O) groups excluding carboxylic acids is 2. The van der Waals surface area contributed by atoms with E-state index in [1.54, 1.807) is 30.1 Å². The maximum absolute atomic E-state index is 12.4. The van der Waals surface area contributed by atoms with Crippen molar-refractivity contribution in [3.63, 3.8) is 0 Å². The molecule has 152 valence electrons. The average Bonchev–Trinajstić information content (AvgIpc) is 3.26. The molecule has 0 aromatic heterocycles. The van der Waals surface area contributed by atoms with Gasteiger partial charge in [-0.1, -0.05) is 29.3 Å². The van der Waals surface area contributed by atoms with E-state index in [0.717, 1.165) is 16.8 Å². The van der Waals surface area contributed by atoms with Gasteiger partial charge >= 0.3 is 0 Å². The monoisotopic (exact) mass is 434 g/mol. The van der Waals surface area contributed by atoms with Gasteiger partial charge in [0.15, 0.2) is 5.79 Å². The van der Waals surface area contributed by atoms with Gasteiger partial charge in [-0.2, -0.15) is 0 Å². The van der Waals surface area contributed by atoms with Gasteiger partial charge in [-0.25, -0.2) is 0 Å². The molecule has 8 heteroatoms. The third kappa shape index (κ3) is 3.98. The molecule has 0 saturated carbocycles. The molecule has 2 aliphatic heterocycles. The van der Waals surface area contributed by atoms with Gasteiger partial charge < -0.3 is 19.7 Å². The molecule has 2 aromatic carbocycles. The Balaban J connectivity index is 1.48. The highest BCUT2D eigenvalue weighted by Gasteiger charge is 2.39. The molecule has 29 heavy (non-hydrogen) atoms. The lowest BCUT2D eigenvalue weighted by Gasteiger charge is -2.28. The molecule has 0 aliphatic carbocycles. The number of hydrogen-bond acceptors (Lipinski definition) is 4. The molecule has 0 spiro atoms. The number of nitrogens with one attached hydrogen (secondary N) is 1. The Hall–Kier alpha value is -2.12. The first-order chi connectivity index (χ1) is 13.9. The standard InChI is InChI=1S/C21H20Cl2N2O4/c1-25-18-3-2-15(8-13(18)11-19(25)26)21(28-6-7-29-21)4-5-24-20(27)14-9-16(22)12-17(23)10-14/h2-3,8-10,12H,4-7,11H2,1H3,(H,24,27). The maximum atomic E-state index is 12.4. The Labute approximate surface area is 178 Å². The highest BCUT2D eigenvalue weighted by atomic mass is 35.5. The van der Waals surface area contributed by atoms with E-state index in [-0.39, 0.29) is 11.8 Å². The van der Waals surface area contributed by atoms with Crippen LogP contribution in [0.2, 0.25) is 10.0 Å². The smallest absolute Gasteiger partial charge is 0.251 e. The van der Waals surface area contributed by atoms with Crippen LogP contribution in [0.15, 0.2) is 36.4 Å². The number of hydrogen-bond donors (Lipinski definition) is 1. The number of halogens is 2. The van der Waals surface area contributed by atoms with E-state index in [1.165, 1.54) is 0 Å². The minimum Gasteiger partial charge on any atom is -0.352 e. The van der Waals surface area contributed by atoms with Crippen molar-refractivity contribution in [1.29, 1.82) is 0 Å².